The van der Waals surface area contributed by atoms with Crippen molar-refractivity contribution in [1.29, 1.82) is 0 Å². The fraction of sp³-hybridized carbons (Fsp3) is 0.0769. The van der Waals surface area contributed by atoms with Crippen molar-refractivity contribution in [2.24, 2.45) is 0 Å². The Morgan fingerprint density at radius 3 is 2.95 bits per heavy atom. The van der Waals surface area contributed by atoms with Gasteiger partial charge in [-0.25, -0.2) is 4.98 Å². The number of non-ortho nitro benzene ring substituents is 1. The van der Waals surface area contributed by atoms with Gasteiger partial charge < -0.3 is 4.74 Å². The summed E-state index contributed by atoms with van der Waals surface area (Å²) in [5, 5.41) is 11.5. The molecule has 94 valence electrons. The molecule has 1 aromatic heterocycles. The van der Waals surface area contributed by atoms with Gasteiger partial charge in [-0.1, -0.05) is 18.1 Å². The van der Waals surface area contributed by atoms with Crippen LogP contribution in [0.15, 0.2) is 24.3 Å². The van der Waals surface area contributed by atoms with Crippen molar-refractivity contribution in [3.63, 3.8) is 0 Å². The van der Waals surface area contributed by atoms with Crippen molar-refractivity contribution < 1.29 is 14.5 Å². The van der Waals surface area contributed by atoms with E-state index in [1.807, 2.05) is 0 Å². The van der Waals surface area contributed by atoms with Gasteiger partial charge in [-0.15, -0.1) is 6.42 Å². The average molecular weight is 256 g/mol. The second kappa shape index (κ2) is 5.14. The number of rotatable bonds is 4. The molecule has 0 aliphatic carbocycles. The van der Waals surface area contributed by atoms with Gasteiger partial charge in [0, 0.05) is 17.0 Å². The molecule has 1 heterocycles. The molecule has 0 unspecified atom stereocenters. The van der Waals surface area contributed by atoms with Gasteiger partial charge in [0.25, 0.3) is 12.2 Å². The smallest absolute Gasteiger partial charge is 0.295 e. The van der Waals surface area contributed by atoms with Crippen LogP contribution in [-0.4, -0.2) is 16.4 Å². The summed E-state index contributed by atoms with van der Waals surface area (Å²) >= 11 is 0. The Labute approximate surface area is 108 Å². The predicted molar refractivity (Wildman–Crippen MR) is 67.2 cm³/mol. The van der Waals surface area contributed by atoms with Gasteiger partial charge in [0.05, 0.1) is 10.6 Å². The Hall–Kier alpha value is -2.94. The summed E-state index contributed by atoms with van der Waals surface area (Å²) in [5.41, 5.74) is 0.884. The Morgan fingerprint density at radius 1 is 1.53 bits per heavy atom. The number of fused-ring (bicyclic) bond motifs is 1. The maximum absolute atomic E-state index is 11.0. The maximum Gasteiger partial charge on any atom is 0.295 e. The number of hydrogen-bond acceptors (Lipinski definition) is 5. The third kappa shape index (κ3) is 2.35. The van der Waals surface area contributed by atoms with E-state index < -0.39 is 4.92 Å². The second-order valence-electron chi connectivity index (χ2n) is 3.64. The number of terminal acetylenes is 1. The quantitative estimate of drug-likeness (QED) is 0.360. The molecule has 19 heavy (non-hydrogen) atoms. The fourth-order valence-corrected chi connectivity index (χ4v) is 1.75. The number of aromatic nitrogens is 1. The minimum absolute atomic E-state index is 0.0832. The molecule has 0 bridgehead atoms. The molecule has 1 aromatic carbocycles. The number of carbonyl (C=O) groups is 1. The lowest BCUT2D eigenvalue weighted by molar-refractivity contribution is -0.383. The lowest BCUT2D eigenvalue weighted by Gasteiger charge is -2.05. The first-order valence-electron chi connectivity index (χ1n) is 5.26. The summed E-state index contributed by atoms with van der Waals surface area (Å²) < 4.78 is 4.59. The van der Waals surface area contributed by atoms with Crippen LogP contribution in [0.5, 0.6) is 0 Å². The zero-order valence-corrected chi connectivity index (χ0v) is 9.70. The summed E-state index contributed by atoms with van der Waals surface area (Å²) in [6.07, 6.45) is 5.38. The molecule has 0 radical (unpaired) electrons. The van der Waals surface area contributed by atoms with Crippen LogP contribution in [0, 0.1) is 22.5 Å². The largest absolute Gasteiger partial charge is 0.461 e. The molecular weight excluding hydrogens is 248 g/mol. The molecule has 6 nitrogen and oxygen atoms in total. The number of nitrogens with zero attached hydrogens (tertiary/aromatic N) is 2. The lowest BCUT2D eigenvalue weighted by Crippen LogP contribution is -1.99. The highest BCUT2D eigenvalue weighted by Gasteiger charge is 2.15. The molecule has 0 fully saturated rings. The highest BCUT2D eigenvalue weighted by Crippen LogP contribution is 2.26. The van der Waals surface area contributed by atoms with Gasteiger partial charge in [-0.3, -0.25) is 14.9 Å². The van der Waals surface area contributed by atoms with E-state index in [9.17, 15) is 14.9 Å². The molecule has 0 aliphatic heterocycles. The number of ether oxygens (including phenoxy) is 1. The number of para-hydroxylation sites is 1. The van der Waals surface area contributed by atoms with E-state index in [1.54, 1.807) is 18.2 Å². The molecule has 0 atom stereocenters. The highest BCUT2D eigenvalue weighted by molar-refractivity contribution is 5.91. The topological polar surface area (TPSA) is 82.3 Å². The van der Waals surface area contributed by atoms with Crippen molar-refractivity contribution in [3.05, 3.63) is 45.6 Å². The lowest BCUT2D eigenvalue weighted by atomic mass is 10.1. The van der Waals surface area contributed by atoms with E-state index in [-0.39, 0.29) is 24.3 Å². The summed E-state index contributed by atoms with van der Waals surface area (Å²) in [6, 6.07) is 6.12. The van der Waals surface area contributed by atoms with Crippen molar-refractivity contribution in [2.45, 2.75) is 6.61 Å². The van der Waals surface area contributed by atoms with Crippen LogP contribution in [0.1, 0.15) is 11.3 Å². The zero-order valence-electron chi connectivity index (χ0n) is 9.70. The predicted octanol–water partition coefficient (Wildman–Crippen LogP) is 1.80. The number of pyridine rings is 1. The SMILES string of the molecule is C#Cc1cc(COC=O)nc2c([N+](=O)[O-])cccc12. The van der Waals surface area contributed by atoms with Crippen LogP contribution < -0.4 is 0 Å². The third-order valence-electron chi connectivity index (χ3n) is 2.52. The fourth-order valence-electron chi connectivity index (χ4n) is 1.75. The zero-order chi connectivity index (χ0) is 13.8. The maximum atomic E-state index is 11.0. The van der Waals surface area contributed by atoms with E-state index in [4.69, 9.17) is 6.42 Å². The number of nitro benzene ring substituents is 1. The summed E-state index contributed by atoms with van der Waals surface area (Å²) in [7, 11) is 0. The van der Waals surface area contributed by atoms with Gasteiger partial charge in [-0.05, 0) is 6.07 Å². The number of carbonyl (C=O) groups excluding carboxylic acids is 1. The van der Waals surface area contributed by atoms with Crippen molar-refractivity contribution in [2.75, 3.05) is 0 Å². The number of benzene rings is 1. The summed E-state index contributed by atoms with van der Waals surface area (Å²) in [6.45, 7) is 0.195. The van der Waals surface area contributed by atoms with Gasteiger partial charge >= 0.3 is 0 Å². The molecule has 0 saturated heterocycles. The van der Waals surface area contributed by atoms with E-state index >= 15 is 0 Å². The first kappa shape index (κ1) is 12.5. The van der Waals surface area contributed by atoms with Gasteiger partial charge in [0.2, 0.25) is 0 Å². The summed E-state index contributed by atoms with van der Waals surface area (Å²) in [4.78, 5) is 24.7. The standard InChI is InChI=1S/C13H8N2O4/c1-2-9-6-10(7-19-8-16)14-13-11(9)4-3-5-12(13)15(17)18/h1,3-6,8H,7H2. The summed E-state index contributed by atoms with van der Waals surface area (Å²) in [5.74, 6) is 2.45. The van der Waals surface area contributed by atoms with Gasteiger partial charge in [-0.2, -0.15) is 0 Å². The molecule has 0 saturated carbocycles. The second-order valence-corrected chi connectivity index (χ2v) is 3.64. The molecule has 2 aromatic rings. The van der Waals surface area contributed by atoms with Gasteiger partial charge in [0.15, 0.2) is 0 Å². The van der Waals surface area contributed by atoms with Crippen LogP contribution in [-0.2, 0) is 16.1 Å². The van der Waals surface area contributed by atoms with Crippen LogP contribution in [0.25, 0.3) is 10.9 Å². The Kier molecular flexibility index (Phi) is 3.39. The minimum Gasteiger partial charge on any atom is -0.461 e. The Morgan fingerprint density at radius 2 is 2.32 bits per heavy atom. The first-order chi connectivity index (χ1) is 9.17. The first-order valence-corrected chi connectivity index (χ1v) is 5.26. The molecule has 0 aliphatic rings. The molecular formula is C13H8N2O4. The van der Waals surface area contributed by atoms with Crippen LogP contribution in [0.2, 0.25) is 0 Å². The van der Waals surface area contributed by atoms with Gasteiger partial charge in [0.1, 0.15) is 12.1 Å². The van der Waals surface area contributed by atoms with Crippen LogP contribution in [0.4, 0.5) is 5.69 Å². The highest BCUT2D eigenvalue weighted by atomic mass is 16.6. The van der Waals surface area contributed by atoms with E-state index in [1.165, 1.54) is 6.07 Å². The van der Waals surface area contributed by atoms with Crippen molar-refractivity contribution in [1.82, 2.24) is 4.98 Å². The van der Waals surface area contributed by atoms with Crippen molar-refractivity contribution in [3.8, 4) is 12.3 Å². The number of nitro groups is 1. The molecule has 0 amide bonds. The minimum atomic E-state index is -0.528. The van der Waals surface area contributed by atoms with Crippen molar-refractivity contribution >= 4 is 23.1 Å². The Bertz CT molecular complexity index is 704. The third-order valence-corrected chi connectivity index (χ3v) is 2.52. The van der Waals surface area contributed by atoms with Crippen LogP contribution >= 0.6 is 0 Å². The normalized spacial score (nSPS) is 9.84. The monoisotopic (exact) mass is 256 g/mol. The number of hydrogen-bond donors (Lipinski definition) is 0. The molecule has 0 spiro atoms. The molecule has 6 heteroatoms. The van der Waals surface area contributed by atoms with E-state index in [0.717, 1.165) is 0 Å². The molecule has 0 N–H and O–H groups in total. The van der Waals surface area contributed by atoms with Crippen LogP contribution in [0.3, 0.4) is 0 Å². The van der Waals surface area contributed by atoms with E-state index in [0.29, 0.717) is 16.6 Å². The molecule has 2 rings (SSSR count). The average Bonchev–Trinajstić information content (AvgIpc) is 2.43. The van der Waals surface area contributed by atoms with E-state index in [2.05, 4.69) is 15.6 Å². The Balaban J connectivity index is 2.71.